The summed E-state index contributed by atoms with van der Waals surface area (Å²) in [6.07, 6.45) is 2.74. The molecule has 0 spiro atoms. The van der Waals surface area contributed by atoms with Crippen LogP contribution in [0, 0.1) is 5.92 Å². The molecule has 0 radical (unpaired) electrons. The molecule has 1 N–H and O–H groups in total. The van der Waals surface area contributed by atoms with Crippen LogP contribution in [0.5, 0.6) is 0 Å². The van der Waals surface area contributed by atoms with Gasteiger partial charge in [0.1, 0.15) is 6.33 Å². The number of hydrogen-bond acceptors (Lipinski definition) is 4. The number of hydrogen-bond donors (Lipinski definition) is 1. The van der Waals surface area contributed by atoms with Gasteiger partial charge in [-0.3, -0.25) is 4.79 Å². The molecule has 108 valence electrons. The van der Waals surface area contributed by atoms with Crippen molar-refractivity contribution < 1.29 is 14.7 Å². The van der Waals surface area contributed by atoms with Crippen LogP contribution in [0.1, 0.15) is 18.7 Å². The Kier molecular flexibility index (Phi) is 3.29. The van der Waals surface area contributed by atoms with Crippen LogP contribution in [0.4, 0.5) is 4.79 Å². The summed E-state index contributed by atoms with van der Waals surface area (Å²) in [5, 5.41) is 16.8. The van der Waals surface area contributed by atoms with Gasteiger partial charge >= 0.3 is 12.0 Å². The predicted molar refractivity (Wildman–Crippen MR) is 67.8 cm³/mol. The van der Waals surface area contributed by atoms with Crippen molar-refractivity contribution in [3.05, 3.63) is 12.2 Å². The largest absolute Gasteiger partial charge is 0.481 e. The summed E-state index contributed by atoms with van der Waals surface area (Å²) in [7, 11) is 0. The van der Waals surface area contributed by atoms with Crippen molar-refractivity contribution in [2.24, 2.45) is 5.92 Å². The molecule has 3 heterocycles. The molecule has 1 saturated heterocycles. The van der Waals surface area contributed by atoms with E-state index in [2.05, 4.69) is 10.2 Å². The fourth-order valence-corrected chi connectivity index (χ4v) is 2.75. The molecule has 20 heavy (non-hydrogen) atoms. The Hall–Kier alpha value is -2.12. The van der Waals surface area contributed by atoms with Crippen LogP contribution in [-0.2, 0) is 17.9 Å². The number of carbonyl (C=O) groups is 2. The monoisotopic (exact) mass is 279 g/mol. The first-order chi connectivity index (χ1) is 9.65. The standard InChI is InChI=1S/C12H17N5O3/c18-11(19)9-1-3-15(4-2-9)12(20)16-5-6-17-8-13-14-10(17)7-16/h8-9H,1-7H2,(H,18,19). The Morgan fingerprint density at radius 2 is 1.90 bits per heavy atom. The highest BCUT2D eigenvalue weighted by Gasteiger charge is 2.31. The highest BCUT2D eigenvalue weighted by Crippen LogP contribution is 2.20. The van der Waals surface area contributed by atoms with E-state index in [1.54, 1.807) is 16.1 Å². The quantitative estimate of drug-likeness (QED) is 0.782. The Bertz CT molecular complexity index is 521. The van der Waals surface area contributed by atoms with Gasteiger partial charge in [-0.2, -0.15) is 0 Å². The lowest BCUT2D eigenvalue weighted by atomic mass is 9.97. The zero-order chi connectivity index (χ0) is 14.1. The van der Waals surface area contributed by atoms with E-state index in [0.717, 1.165) is 5.82 Å². The molecule has 0 aromatic carbocycles. The minimum Gasteiger partial charge on any atom is -0.481 e. The number of rotatable bonds is 1. The number of carboxylic acids is 1. The SMILES string of the molecule is O=C(O)C1CCN(C(=O)N2CCn3cnnc3C2)CC1. The molecule has 0 atom stereocenters. The lowest BCUT2D eigenvalue weighted by molar-refractivity contribution is -0.143. The molecule has 2 aliphatic rings. The van der Waals surface area contributed by atoms with Crippen molar-refractivity contribution in [2.45, 2.75) is 25.9 Å². The molecule has 1 aromatic heterocycles. The number of aliphatic carboxylic acids is 1. The summed E-state index contributed by atoms with van der Waals surface area (Å²) in [6.45, 7) is 2.85. The topological polar surface area (TPSA) is 91.6 Å². The van der Waals surface area contributed by atoms with E-state index in [0.29, 0.717) is 45.6 Å². The summed E-state index contributed by atoms with van der Waals surface area (Å²) < 4.78 is 1.94. The van der Waals surface area contributed by atoms with Crippen molar-refractivity contribution in [3.63, 3.8) is 0 Å². The van der Waals surface area contributed by atoms with Crippen LogP contribution >= 0.6 is 0 Å². The van der Waals surface area contributed by atoms with Crippen LogP contribution in [0.25, 0.3) is 0 Å². The molecular formula is C12H17N5O3. The highest BCUT2D eigenvalue weighted by atomic mass is 16.4. The lowest BCUT2D eigenvalue weighted by Crippen LogP contribution is -2.49. The third-order valence-electron chi connectivity index (χ3n) is 4.02. The lowest BCUT2D eigenvalue weighted by Gasteiger charge is -2.36. The van der Waals surface area contributed by atoms with Gasteiger partial charge in [0.25, 0.3) is 0 Å². The second-order valence-corrected chi connectivity index (χ2v) is 5.24. The maximum atomic E-state index is 12.4. The van der Waals surface area contributed by atoms with Crippen molar-refractivity contribution in [2.75, 3.05) is 19.6 Å². The number of aromatic nitrogens is 3. The molecule has 8 nitrogen and oxygen atoms in total. The smallest absolute Gasteiger partial charge is 0.320 e. The molecule has 0 unspecified atom stereocenters. The highest BCUT2D eigenvalue weighted by molar-refractivity contribution is 5.75. The van der Waals surface area contributed by atoms with Crippen LogP contribution in [0.15, 0.2) is 6.33 Å². The number of carbonyl (C=O) groups excluding carboxylic acids is 1. The van der Waals surface area contributed by atoms with Gasteiger partial charge in [-0.05, 0) is 12.8 Å². The van der Waals surface area contributed by atoms with Gasteiger partial charge in [-0.1, -0.05) is 0 Å². The van der Waals surface area contributed by atoms with Crippen molar-refractivity contribution in [3.8, 4) is 0 Å². The Morgan fingerprint density at radius 1 is 1.15 bits per heavy atom. The maximum absolute atomic E-state index is 12.4. The Morgan fingerprint density at radius 3 is 2.60 bits per heavy atom. The average molecular weight is 279 g/mol. The molecule has 0 bridgehead atoms. The maximum Gasteiger partial charge on any atom is 0.320 e. The molecule has 3 rings (SSSR count). The molecular weight excluding hydrogens is 262 g/mol. The fraction of sp³-hybridized carbons (Fsp3) is 0.667. The van der Waals surface area contributed by atoms with Gasteiger partial charge < -0.3 is 19.5 Å². The molecule has 0 aliphatic carbocycles. The van der Waals surface area contributed by atoms with E-state index in [1.807, 2.05) is 4.57 Å². The van der Waals surface area contributed by atoms with Crippen LogP contribution in [0.2, 0.25) is 0 Å². The van der Waals surface area contributed by atoms with E-state index in [9.17, 15) is 9.59 Å². The minimum absolute atomic E-state index is 0.0249. The number of carboxylic acid groups (broad SMARTS) is 1. The zero-order valence-corrected chi connectivity index (χ0v) is 11.1. The van der Waals surface area contributed by atoms with Gasteiger partial charge in [-0.15, -0.1) is 10.2 Å². The van der Waals surface area contributed by atoms with Gasteiger partial charge in [0.2, 0.25) is 0 Å². The van der Waals surface area contributed by atoms with Crippen molar-refractivity contribution >= 4 is 12.0 Å². The normalized spacial score (nSPS) is 19.8. The number of urea groups is 1. The van der Waals surface area contributed by atoms with E-state index >= 15 is 0 Å². The first kappa shape index (κ1) is 12.9. The van der Waals surface area contributed by atoms with Gasteiger partial charge in [-0.25, -0.2) is 4.79 Å². The van der Waals surface area contributed by atoms with Crippen molar-refractivity contribution in [1.29, 1.82) is 0 Å². The third-order valence-corrected chi connectivity index (χ3v) is 4.02. The molecule has 2 amide bonds. The number of amides is 2. The fourth-order valence-electron chi connectivity index (χ4n) is 2.75. The molecule has 1 aromatic rings. The first-order valence-electron chi connectivity index (χ1n) is 6.78. The second-order valence-electron chi connectivity index (χ2n) is 5.24. The van der Waals surface area contributed by atoms with Gasteiger partial charge in [0.05, 0.1) is 12.5 Å². The Balaban J connectivity index is 1.59. The van der Waals surface area contributed by atoms with E-state index in [-0.39, 0.29) is 11.9 Å². The zero-order valence-electron chi connectivity index (χ0n) is 11.1. The molecule has 2 aliphatic heterocycles. The van der Waals surface area contributed by atoms with E-state index < -0.39 is 5.97 Å². The number of fused-ring (bicyclic) bond motifs is 1. The van der Waals surface area contributed by atoms with Crippen LogP contribution in [0.3, 0.4) is 0 Å². The number of piperidine rings is 1. The molecule has 0 saturated carbocycles. The van der Waals surface area contributed by atoms with E-state index in [4.69, 9.17) is 5.11 Å². The van der Waals surface area contributed by atoms with E-state index in [1.165, 1.54) is 0 Å². The number of likely N-dealkylation sites (tertiary alicyclic amines) is 1. The average Bonchev–Trinajstić information content (AvgIpc) is 2.94. The minimum atomic E-state index is -0.761. The molecule has 1 fully saturated rings. The summed E-state index contributed by atoms with van der Waals surface area (Å²) in [5.74, 6) is -0.281. The van der Waals surface area contributed by atoms with Gasteiger partial charge in [0.15, 0.2) is 5.82 Å². The summed E-state index contributed by atoms with van der Waals surface area (Å²) in [6, 6.07) is -0.0249. The predicted octanol–water partition coefficient (Wildman–Crippen LogP) is 0.0103. The third kappa shape index (κ3) is 2.33. The van der Waals surface area contributed by atoms with Gasteiger partial charge in [0, 0.05) is 26.2 Å². The summed E-state index contributed by atoms with van der Waals surface area (Å²) in [5.41, 5.74) is 0. The van der Waals surface area contributed by atoms with Crippen molar-refractivity contribution in [1.82, 2.24) is 24.6 Å². The number of nitrogens with zero attached hydrogens (tertiary/aromatic N) is 5. The first-order valence-corrected chi connectivity index (χ1v) is 6.78. The summed E-state index contributed by atoms with van der Waals surface area (Å²) >= 11 is 0. The Labute approximate surface area is 116 Å². The second kappa shape index (κ2) is 5.10. The molecule has 8 heteroatoms. The van der Waals surface area contributed by atoms with Crippen LogP contribution in [-0.4, -0.2) is 61.3 Å². The summed E-state index contributed by atoms with van der Waals surface area (Å²) in [4.78, 5) is 26.8. The van der Waals surface area contributed by atoms with Crippen LogP contribution < -0.4 is 0 Å².